The number of thiophene rings is 1. The van der Waals surface area contributed by atoms with Gasteiger partial charge in [0.2, 0.25) is 0 Å². The Balaban J connectivity index is 1.73. The maximum atomic E-state index is 11.1. The Bertz CT molecular complexity index is 580. The predicted octanol–water partition coefficient (Wildman–Crippen LogP) is 0.145. The lowest BCUT2D eigenvalue weighted by Crippen LogP contribution is -2.41. The van der Waals surface area contributed by atoms with Gasteiger partial charge in [-0.05, 0) is 39.8 Å². The van der Waals surface area contributed by atoms with Gasteiger partial charge in [-0.25, -0.2) is 5.10 Å². The van der Waals surface area contributed by atoms with Crippen LogP contribution in [-0.4, -0.2) is 37.7 Å². The maximum absolute atomic E-state index is 11.1. The highest BCUT2D eigenvalue weighted by molar-refractivity contribution is 7.10. The number of aliphatic carboxylic acids is 1. The van der Waals surface area contributed by atoms with Crippen LogP contribution in [0, 0.1) is 0 Å². The Morgan fingerprint density at radius 3 is 3.16 bits per heavy atom. The zero-order valence-electron chi connectivity index (χ0n) is 10.1. The number of carboxylic acids is 1. The molecule has 0 spiro atoms. The fourth-order valence-corrected chi connectivity index (χ4v) is 3.34. The Labute approximate surface area is 113 Å². The number of aromatic nitrogens is 4. The van der Waals surface area contributed by atoms with Crippen LogP contribution in [0.15, 0.2) is 5.38 Å². The topological polar surface area (TPSA) is 104 Å². The number of aryl methyl sites for hydroxylation is 2. The molecule has 0 fully saturated rings. The molecule has 7 nitrogen and oxygen atoms in total. The standard InChI is InChI=1S/C11H13N5O2S/c17-11(18)8-3-7-6(5-19-9(7)4-12-8)1-2-10-13-15-16-14-10/h5,8,12H,1-4H2,(H,17,18)(H,13,14,15,16). The largest absolute Gasteiger partial charge is 0.480 e. The smallest absolute Gasteiger partial charge is 0.321 e. The van der Waals surface area contributed by atoms with Gasteiger partial charge < -0.3 is 5.11 Å². The second-order valence-corrected chi connectivity index (χ2v) is 5.45. The van der Waals surface area contributed by atoms with Crippen LogP contribution in [0.5, 0.6) is 0 Å². The van der Waals surface area contributed by atoms with Gasteiger partial charge in [-0.15, -0.1) is 16.4 Å². The summed E-state index contributed by atoms with van der Waals surface area (Å²) in [6.07, 6.45) is 2.12. The summed E-state index contributed by atoms with van der Waals surface area (Å²) < 4.78 is 0. The highest BCUT2D eigenvalue weighted by atomic mass is 32.1. The van der Waals surface area contributed by atoms with Crippen molar-refractivity contribution in [2.75, 3.05) is 0 Å². The third-order valence-corrected chi connectivity index (χ3v) is 4.38. The van der Waals surface area contributed by atoms with E-state index in [2.05, 4.69) is 31.3 Å². The fourth-order valence-electron chi connectivity index (χ4n) is 2.27. The number of fused-ring (bicyclic) bond motifs is 1. The number of hydrogen-bond acceptors (Lipinski definition) is 6. The number of nitrogens with zero attached hydrogens (tertiary/aromatic N) is 3. The van der Waals surface area contributed by atoms with Gasteiger partial charge in [0.25, 0.3) is 0 Å². The van der Waals surface area contributed by atoms with E-state index in [-0.39, 0.29) is 0 Å². The highest BCUT2D eigenvalue weighted by Gasteiger charge is 2.26. The van der Waals surface area contributed by atoms with Crippen LogP contribution in [-0.2, 0) is 30.6 Å². The molecule has 3 heterocycles. The molecule has 2 aromatic heterocycles. The van der Waals surface area contributed by atoms with E-state index in [9.17, 15) is 4.79 Å². The van der Waals surface area contributed by atoms with Crippen molar-refractivity contribution in [2.24, 2.45) is 0 Å². The minimum atomic E-state index is -0.790. The number of H-pyrrole nitrogens is 1. The van der Waals surface area contributed by atoms with Gasteiger partial charge in [-0.1, -0.05) is 0 Å². The van der Waals surface area contributed by atoms with Crippen LogP contribution in [0.4, 0.5) is 0 Å². The molecule has 1 aliphatic heterocycles. The van der Waals surface area contributed by atoms with Crippen molar-refractivity contribution in [2.45, 2.75) is 31.8 Å². The van der Waals surface area contributed by atoms with Crippen molar-refractivity contribution >= 4 is 17.3 Å². The summed E-state index contributed by atoms with van der Waals surface area (Å²) in [4.78, 5) is 12.3. The van der Waals surface area contributed by atoms with E-state index >= 15 is 0 Å². The summed E-state index contributed by atoms with van der Waals surface area (Å²) in [6, 6.07) is -0.479. The van der Waals surface area contributed by atoms with Crippen LogP contribution in [0.2, 0.25) is 0 Å². The lowest BCUT2D eigenvalue weighted by atomic mass is 9.96. The van der Waals surface area contributed by atoms with E-state index in [0.717, 1.165) is 18.7 Å². The molecule has 0 aromatic carbocycles. The Morgan fingerprint density at radius 1 is 1.53 bits per heavy atom. The summed E-state index contributed by atoms with van der Waals surface area (Å²) in [5.41, 5.74) is 2.40. The first kappa shape index (κ1) is 12.2. The molecule has 0 amide bonds. The molecule has 0 saturated carbocycles. The molecule has 3 N–H and O–H groups in total. The molecule has 3 rings (SSSR count). The normalized spacial score (nSPS) is 18.2. The number of aromatic amines is 1. The third kappa shape index (κ3) is 2.49. The van der Waals surface area contributed by atoms with Crippen LogP contribution >= 0.6 is 11.3 Å². The number of nitrogens with one attached hydrogen (secondary N) is 2. The first-order valence-electron chi connectivity index (χ1n) is 6.01. The monoisotopic (exact) mass is 279 g/mol. The zero-order chi connectivity index (χ0) is 13.2. The molecule has 2 aromatic rings. The van der Waals surface area contributed by atoms with E-state index in [4.69, 9.17) is 5.11 Å². The van der Waals surface area contributed by atoms with Gasteiger partial charge in [-0.2, -0.15) is 0 Å². The summed E-state index contributed by atoms with van der Waals surface area (Å²) in [7, 11) is 0. The number of hydrogen-bond donors (Lipinski definition) is 3. The second-order valence-electron chi connectivity index (χ2n) is 4.49. The van der Waals surface area contributed by atoms with Gasteiger partial charge in [0.15, 0.2) is 0 Å². The molecular weight excluding hydrogens is 266 g/mol. The van der Waals surface area contributed by atoms with Crippen molar-refractivity contribution in [3.05, 3.63) is 27.2 Å². The fraction of sp³-hybridized carbons (Fsp3) is 0.455. The van der Waals surface area contributed by atoms with Gasteiger partial charge in [-0.3, -0.25) is 10.1 Å². The summed E-state index contributed by atoms with van der Waals surface area (Å²) in [5.74, 6) is -0.0362. The molecular formula is C11H13N5O2S. The average Bonchev–Trinajstić information content (AvgIpc) is 3.05. The van der Waals surface area contributed by atoms with E-state index in [1.165, 1.54) is 16.0 Å². The summed E-state index contributed by atoms with van der Waals surface area (Å²) in [5, 5.41) is 27.9. The van der Waals surface area contributed by atoms with Crippen LogP contribution in [0.3, 0.4) is 0 Å². The molecule has 1 aliphatic rings. The third-order valence-electron chi connectivity index (χ3n) is 3.30. The molecule has 0 bridgehead atoms. The maximum Gasteiger partial charge on any atom is 0.321 e. The first-order chi connectivity index (χ1) is 9.24. The Morgan fingerprint density at radius 2 is 2.42 bits per heavy atom. The Kier molecular flexibility index (Phi) is 3.26. The van der Waals surface area contributed by atoms with Gasteiger partial charge >= 0.3 is 5.97 Å². The minimum absolute atomic E-state index is 0.479. The van der Waals surface area contributed by atoms with Crippen molar-refractivity contribution in [3.8, 4) is 0 Å². The van der Waals surface area contributed by atoms with Crippen LogP contribution < -0.4 is 5.32 Å². The van der Waals surface area contributed by atoms with Crippen LogP contribution in [0.1, 0.15) is 21.8 Å². The predicted molar refractivity (Wildman–Crippen MR) is 67.9 cm³/mol. The molecule has 19 heavy (non-hydrogen) atoms. The van der Waals surface area contributed by atoms with Crippen molar-refractivity contribution in [1.82, 2.24) is 25.9 Å². The van der Waals surface area contributed by atoms with E-state index < -0.39 is 12.0 Å². The highest BCUT2D eigenvalue weighted by Crippen LogP contribution is 2.28. The lowest BCUT2D eigenvalue weighted by molar-refractivity contribution is -0.139. The van der Waals surface area contributed by atoms with Gasteiger partial charge in [0, 0.05) is 17.8 Å². The molecule has 100 valence electrons. The Hall–Kier alpha value is -1.80. The van der Waals surface area contributed by atoms with Crippen molar-refractivity contribution in [3.63, 3.8) is 0 Å². The minimum Gasteiger partial charge on any atom is -0.480 e. The summed E-state index contributed by atoms with van der Waals surface area (Å²) >= 11 is 1.69. The SMILES string of the molecule is O=C(O)C1Cc2c(CCc3nnn[nH]3)csc2CN1. The average molecular weight is 279 g/mol. The molecule has 0 saturated heterocycles. The zero-order valence-corrected chi connectivity index (χ0v) is 10.9. The van der Waals surface area contributed by atoms with E-state index in [1.54, 1.807) is 11.3 Å². The lowest BCUT2D eigenvalue weighted by Gasteiger charge is -2.21. The molecule has 8 heteroatoms. The summed E-state index contributed by atoms with van der Waals surface area (Å²) in [6.45, 7) is 0.640. The second kappa shape index (κ2) is 5.06. The molecule has 0 radical (unpaired) electrons. The van der Waals surface area contributed by atoms with Gasteiger partial charge in [0.05, 0.1) is 0 Å². The molecule has 1 unspecified atom stereocenters. The number of rotatable bonds is 4. The number of carbonyl (C=O) groups is 1. The number of carboxylic acid groups (broad SMARTS) is 1. The number of tetrazole rings is 1. The van der Waals surface area contributed by atoms with Crippen LogP contribution in [0.25, 0.3) is 0 Å². The molecule has 0 aliphatic carbocycles. The molecule has 1 atom stereocenters. The van der Waals surface area contributed by atoms with Crippen molar-refractivity contribution in [1.29, 1.82) is 0 Å². The van der Waals surface area contributed by atoms with Crippen molar-refractivity contribution < 1.29 is 9.90 Å². The van der Waals surface area contributed by atoms with Gasteiger partial charge in [0.1, 0.15) is 11.9 Å². The van der Waals surface area contributed by atoms with E-state index in [1.807, 2.05) is 0 Å². The first-order valence-corrected chi connectivity index (χ1v) is 6.89. The quantitative estimate of drug-likeness (QED) is 0.736. The van der Waals surface area contributed by atoms with E-state index in [0.29, 0.717) is 13.0 Å².